The smallest absolute Gasteiger partial charge is 0.335 e. The van der Waals surface area contributed by atoms with Crippen molar-refractivity contribution in [2.24, 2.45) is 0 Å². The maximum Gasteiger partial charge on any atom is 0.335 e. The molecule has 8 heteroatoms. The number of hydrogen-bond donors (Lipinski definition) is 3. The average molecular weight is 291 g/mol. The maximum absolute atomic E-state index is 12.0. The summed E-state index contributed by atoms with van der Waals surface area (Å²) in [4.78, 5) is 24.2. The number of phenols is 1. The van der Waals surface area contributed by atoms with Crippen molar-refractivity contribution in [1.29, 1.82) is 5.26 Å². The van der Waals surface area contributed by atoms with Gasteiger partial charge < -0.3 is 25.2 Å². The Bertz CT molecular complexity index is 610. The Balaban J connectivity index is 2.06. The summed E-state index contributed by atoms with van der Waals surface area (Å²) in [6, 6.07) is 5.06. The van der Waals surface area contributed by atoms with Gasteiger partial charge in [0.1, 0.15) is 5.75 Å². The van der Waals surface area contributed by atoms with Crippen LogP contribution in [-0.2, 0) is 4.74 Å². The number of hydrogen-bond acceptors (Lipinski definition) is 5. The van der Waals surface area contributed by atoms with Crippen LogP contribution in [0.1, 0.15) is 10.4 Å². The van der Waals surface area contributed by atoms with E-state index in [1.807, 2.05) is 6.07 Å². The molecule has 1 atom stereocenters. The summed E-state index contributed by atoms with van der Waals surface area (Å²) in [5, 5.41) is 29.8. The number of carbonyl (C=O) groups excluding carboxylic acids is 1. The molecular weight excluding hydrogens is 278 g/mol. The minimum atomic E-state index is -1.17. The zero-order valence-electron chi connectivity index (χ0n) is 10.9. The molecule has 1 unspecified atom stereocenters. The van der Waals surface area contributed by atoms with Gasteiger partial charge in [0.25, 0.3) is 0 Å². The van der Waals surface area contributed by atoms with Gasteiger partial charge in [-0.15, -0.1) is 0 Å². The number of anilines is 1. The lowest BCUT2D eigenvalue weighted by atomic mass is 10.2. The highest BCUT2D eigenvalue weighted by molar-refractivity contribution is 5.93. The van der Waals surface area contributed by atoms with E-state index < -0.39 is 18.1 Å². The number of nitrogens with one attached hydrogen (secondary N) is 1. The number of morpholine rings is 1. The molecule has 1 aliphatic rings. The summed E-state index contributed by atoms with van der Waals surface area (Å²) in [5.74, 6) is -1.51. The SMILES string of the molecule is N#CC1CN(C(=O)Nc2ccc(C(=O)O)cc2O)CCO1. The molecule has 110 valence electrons. The molecule has 1 aromatic rings. The highest BCUT2D eigenvalue weighted by Gasteiger charge is 2.24. The van der Waals surface area contributed by atoms with Gasteiger partial charge in [0.05, 0.1) is 30.5 Å². The van der Waals surface area contributed by atoms with Gasteiger partial charge in [-0.1, -0.05) is 0 Å². The van der Waals surface area contributed by atoms with Crippen LogP contribution in [0.15, 0.2) is 18.2 Å². The van der Waals surface area contributed by atoms with E-state index in [4.69, 9.17) is 15.1 Å². The number of urea groups is 1. The number of nitriles is 1. The standard InChI is InChI=1S/C13H13N3O5/c14-6-9-7-16(3-4-21-9)13(20)15-10-2-1-8(12(18)19)5-11(10)17/h1-2,5,9,17H,3-4,7H2,(H,15,20)(H,18,19). The van der Waals surface area contributed by atoms with E-state index in [0.717, 1.165) is 6.07 Å². The van der Waals surface area contributed by atoms with Crippen molar-refractivity contribution in [3.63, 3.8) is 0 Å². The Morgan fingerprint density at radius 1 is 1.48 bits per heavy atom. The van der Waals surface area contributed by atoms with Crippen LogP contribution in [0, 0.1) is 11.3 Å². The van der Waals surface area contributed by atoms with Gasteiger partial charge in [0.2, 0.25) is 0 Å². The van der Waals surface area contributed by atoms with Crippen molar-refractivity contribution in [2.75, 3.05) is 25.0 Å². The van der Waals surface area contributed by atoms with Crippen molar-refractivity contribution < 1.29 is 24.5 Å². The summed E-state index contributed by atoms with van der Waals surface area (Å²) in [6.45, 7) is 0.726. The normalized spacial score (nSPS) is 17.9. The topological polar surface area (TPSA) is 123 Å². The van der Waals surface area contributed by atoms with E-state index in [2.05, 4.69) is 5.32 Å². The predicted molar refractivity (Wildman–Crippen MR) is 71.0 cm³/mol. The lowest BCUT2D eigenvalue weighted by molar-refractivity contribution is 0.0181. The van der Waals surface area contributed by atoms with Crippen LogP contribution < -0.4 is 5.32 Å². The number of nitrogens with zero attached hydrogens (tertiary/aromatic N) is 2. The number of amides is 2. The van der Waals surface area contributed by atoms with Gasteiger partial charge in [-0.25, -0.2) is 9.59 Å². The van der Waals surface area contributed by atoms with Gasteiger partial charge >= 0.3 is 12.0 Å². The number of rotatable bonds is 2. The number of carbonyl (C=O) groups is 2. The maximum atomic E-state index is 12.0. The van der Waals surface area contributed by atoms with Gasteiger partial charge in [-0.2, -0.15) is 5.26 Å². The molecule has 3 N–H and O–H groups in total. The summed E-state index contributed by atoms with van der Waals surface area (Å²) >= 11 is 0. The first-order valence-electron chi connectivity index (χ1n) is 6.14. The number of phenolic OH excluding ortho intramolecular Hbond substituents is 1. The second-order valence-corrected chi connectivity index (χ2v) is 4.40. The third-order valence-corrected chi connectivity index (χ3v) is 2.98. The van der Waals surface area contributed by atoms with Crippen LogP contribution in [0.4, 0.5) is 10.5 Å². The van der Waals surface area contributed by atoms with Crippen LogP contribution in [0.5, 0.6) is 5.75 Å². The van der Waals surface area contributed by atoms with Crippen molar-refractivity contribution in [1.82, 2.24) is 4.90 Å². The Morgan fingerprint density at radius 3 is 2.86 bits per heavy atom. The first-order valence-corrected chi connectivity index (χ1v) is 6.14. The van der Waals surface area contributed by atoms with E-state index in [-0.39, 0.29) is 30.2 Å². The molecule has 1 heterocycles. The van der Waals surface area contributed by atoms with Gasteiger partial charge in [-0.05, 0) is 18.2 Å². The average Bonchev–Trinajstić information content (AvgIpc) is 2.49. The lowest BCUT2D eigenvalue weighted by Gasteiger charge is -2.29. The highest BCUT2D eigenvalue weighted by Crippen LogP contribution is 2.24. The first-order chi connectivity index (χ1) is 10.0. The summed E-state index contributed by atoms with van der Waals surface area (Å²) in [5.41, 5.74) is 0.0198. The summed E-state index contributed by atoms with van der Waals surface area (Å²) < 4.78 is 5.13. The Labute approximate surface area is 120 Å². The molecule has 2 amide bonds. The number of ether oxygens (including phenoxy) is 1. The molecule has 0 aliphatic carbocycles. The number of aromatic hydroxyl groups is 1. The number of aromatic carboxylic acids is 1. The molecular formula is C13H13N3O5. The van der Waals surface area contributed by atoms with E-state index >= 15 is 0 Å². The second-order valence-electron chi connectivity index (χ2n) is 4.40. The minimum absolute atomic E-state index is 0.0820. The predicted octanol–water partition coefficient (Wildman–Crippen LogP) is 0.847. The van der Waals surface area contributed by atoms with Crippen LogP contribution in [0.25, 0.3) is 0 Å². The fourth-order valence-electron chi connectivity index (χ4n) is 1.88. The fourth-order valence-corrected chi connectivity index (χ4v) is 1.88. The Hall–Kier alpha value is -2.79. The van der Waals surface area contributed by atoms with E-state index in [1.165, 1.54) is 17.0 Å². The van der Waals surface area contributed by atoms with Gasteiger partial charge in [0.15, 0.2) is 6.10 Å². The molecule has 0 bridgehead atoms. The van der Waals surface area contributed by atoms with Crippen molar-refractivity contribution in [3.8, 4) is 11.8 Å². The lowest BCUT2D eigenvalue weighted by Crippen LogP contribution is -2.46. The van der Waals surface area contributed by atoms with Gasteiger partial charge in [-0.3, -0.25) is 0 Å². The Morgan fingerprint density at radius 2 is 2.24 bits per heavy atom. The number of carboxylic acids is 1. The Kier molecular flexibility index (Phi) is 4.25. The highest BCUT2D eigenvalue weighted by atomic mass is 16.5. The molecule has 0 saturated carbocycles. The molecule has 0 radical (unpaired) electrons. The van der Waals surface area contributed by atoms with Crippen molar-refractivity contribution in [2.45, 2.75) is 6.10 Å². The molecule has 1 saturated heterocycles. The summed E-state index contributed by atoms with van der Waals surface area (Å²) in [7, 11) is 0. The van der Waals surface area contributed by atoms with E-state index in [9.17, 15) is 14.7 Å². The van der Waals surface area contributed by atoms with Crippen LogP contribution in [0.2, 0.25) is 0 Å². The van der Waals surface area contributed by atoms with Crippen LogP contribution in [0.3, 0.4) is 0 Å². The largest absolute Gasteiger partial charge is 0.506 e. The number of carboxylic acid groups (broad SMARTS) is 1. The van der Waals surface area contributed by atoms with Crippen LogP contribution in [-0.4, -0.2) is 52.9 Å². The van der Waals surface area contributed by atoms with Gasteiger partial charge in [0, 0.05) is 6.54 Å². The minimum Gasteiger partial charge on any atom is -0.506 e. The molecule has 8 nitrogen and oxygen atoms in total. The molecule has 0 aromatic heterocycles. The zero-order chi connectivity index (χ0) is 15.4. The first kappa shape index (κ1) is 14.6. The second kappa shape index (κ2) is 6.11. The van der Waals surface area contributed by atoms with E-state index in [1.54, 1.807) is 0 Å². The number of benzene rings is 1. The monoisotopic (exact) mass is 291 g/mol. The molecule has 1 aliphatic heterocycles. The third kappa shape index (κ3) is 3.40. The summed E-state index contributed by atoms with van der Waals surface area (Å²) in [6.07, 6.45) is -0.674. The molecule has 1 aromatic carbocycles. The quantitative estimate of drug-likeness (QED) is 0.694. The fraction of sp³-hybridized carbons (Fsp3) is 0.308. The zero-order valence-corrected chi connectivity index (χ0v) is 10.9. The van der Waals surface area contributed by atoms with Crippen LogP contribution >= 0.6 is 0 Å². The third-order valence-electron chi connectivity index (χ3n) is 2.98. The van der Waals surface area contributed by atoms with Crippen molar-refractivity contribution >= 4 is 17.7 Å². The van der Waals surface area contributed by atoms with Crippen molar-refractivity contribution in [3.05, 3.63) is 23.8 Å². The molecule has 2 rings (SSSR count). The molecule has 1 fully saturated rings. The molecule has 0 spiro atoms. The van der Waals surface area contributed by atoms with E-state index in [0.29, 0.717) is 6.54 Å². The molecule has 21 heavy (non-hydrogen) atoms.